The van der Waals surface area contributed by atoms with Gasteiger partial charge in [0, 0.05) is 17.1 Å². The number of hydrogen-bond acceptors (Lipinski definition) is 0. The molecule has 0 spiro atoms. The lowest BCUT2D eigenvalue weighted by Crippen LogP contribution is -2.04. The third kappa shape index (κ3) is 7.88. The zero-order valence-electron chi connectivity index (χ0n) is 40.1. The molecule has 0 N–H and O–H groups in total. The highest BCUT2D eigenvalue weighted by molar-refractivity contribution is 6.20. The van der Waals surface area contributed by atoms with Gasteiger partial charge in [0.2, 0.25) is 0 Å². The van der Waals surface area contributed by atoms with Crippen molar-refractivity contribution in [1.82, 2.24) is 9.13 Å². The Morgan fingerprint density at radius 3 is 1.18 bits per heavy atom. The van der Waals surface area contributed by atoms with Crippen LogP contribution in [0, 0.1) is 0 Å². The van der Waals surface area contributed by atoms with Gasteiger partial charge in [-0.1, -0.05) is 218 Å². The second-order valence-electron chi connectivity index (χ2n) is 19.0. The molecule has 0 saturated carbocycles. The van der Waals surface area contributed by atoms with Gasteiger partial charge in [-0.05, 0) is 163 Å². The summed E-state index contributed by atoms with van der Waals surface area (Å²) in [5, 5.41) is 4.97. The van der Waals surface area contributed by atoms with Crippen molar-refractivity contribution in [3.8, 4) is 67.4 Å². The average molecular weight is 921 g/mol. The van der Waals surface area contributed by atoms with E-state index in [0.717, 1.165) is 48.4 Å². The molecule has 2 heterocycles. The van der Waals surface area contributed by atoms with Gasteiger partial charge < -0.3 is 9.13 Å². The van der Waals surface area contributed by atoms with Crippen LogP contribution in [0.5, 0.6) is 0 Å². The van der Waals surface area contributed by atoms with E-state index in [2.05, 4.69) is 276 Å². The minimum atomic E-state index is 0.928. The summed E-state index contributed by atoms with van der Waals surface area (Å²) in [6, 6.07) is 87.1. The lowest BCUT2D eigenvalue weighted by atomic mass is 9.82. The smallest absolute Gasteiger partial charge is 0.0535 e. The van der Waals surface area contributed by atoms with Crippen molar-refractivity contribution in [2.24, 2.45) is 0 Å². The van der Waals surface area contributed by atoms with Crippen LogP contribution >= 0.6 is 0 Å². The van der Waals surface area contributed by atoms with Gasteiger partial charge in [-0.15, -0.1) is 0 Å². The van der Waals surface area contributed by atoms with Crippen molar-refractivity contribution < 1.29 is 0 Å². The first-order valence-corrected chi connectivity index (χ1v) is 25.3. The molecule has 9 aromatic carbocycles. The van der Waals surface area contributed by atoms with Gasteiger partial charge in [0.05, 0.1) is 17.1 Å². The van der Waals surface area contributed by atoms with Crippen molar-refractivity contribution in [3.05, 3.63) is 284 Å². The first-order chi connectivity index (χ1) is 35.7. The van der Waals surface area contributed by atoms with Gasteiger partial charge in [-0.2, -0.15) is 0 Å². The number of nitrogens with zero attached hydrogens (tertiary/aromatic N) is 2. The molecular formula is C70H52N2. The highest BCUT2D eigenvalue weighted by atomic mass is 15.0. The van der Waals surface area contributed by atoms with E-state index in [-0.39, 0.29) is 0 Å². The van der Waals surface area contributed by atoms with Crippen molar-refractivity contribution in [1.29, 1.82) is 0 Å². The fourth-order valence-electron chi connectivity index (χ4n) is 11.3. The zero-order valence-corrected chi connectivity index (χ0v) is 40.1. The van der Waals surface area contributed by atoms with Gasteiger partial charge in [0.15, 0.2) is 0 Å². The molecule has 0 bridgehead atoms. The molecular weight excluding hydrogens is 869 g/mol. The predicted octanol–water partition coefficient (Wildman–Crippen LogP) is 18.9. The summed E-state index contributed by atoms with van der Waals surface area (Å²) in [6.07, 6.45) is 15.5. The Bertz CT molecular complexity index is 3850. The van der Waals surface area contributed by atoms with Crippen LogP contribution in [0.15, 0.2) is 267 Å². The first kappa shape index (κ1) is 43.1. The van der Waals surface area contributed by atoms with E-state index >= 15 is 0 Å². The Hall–Kier alpha value is -8.98. The van der Waals surface area contributed by atoms with E-state index in [4.69, 9.17) is 0 Å². The van der Waals surface area contributed by atoms with E-state index in [9.17, 15) is 0 Å². The molecule has 11 aromatic rings. The van der Waals surface area contributed by atoms with Crippen LogP contribution in [0.1, 0.15) is 42.5 Å². The maximum Gasteiger partial charge on any atom is 0.0535 e. The molecule has 2 aliphatic carbocycles. The molecule has 2 aliphatic rings. The monoisotopic (exact) mass is 920 g/mol. The highest BCUT2D eigenvalue weighted by Gasteiger charge is 2.24. The number of rotatable bonds is 10. The largest absolute Gasteiger partial charge is 0.310 e. The summed E-state index contributed by atoms with van der Waals surface area (Å²) in [5.74, 6) is 0. The average Bonchev–Trinajstić information content (AvgIpc) is 4.12. The first-order valence-electron chi connectivity index (χ1n) is 25.3. The fraction of sp³-hybridized carbons (Fsp3) is 0.0571. The maximum atomic E-state index is 2.51. The third-order valence-electron chi connectivity index (χ3n) is 14.8. The Balaban J connectivity index is 1.12. The van der Waals surface area contributed by atoms with Crippen molar-refractivity contribution in [2.75, 3.05) is 0 Å². The van der Waals surface area contributed by atoms with Crippen LogP contribution in [0.2, 0.25) is 0 Å². The lowest BCUT2D eigenvalue weighted by Gasteiger charge is -2.24. The lowest BCUT2D eigenvalue weighted by molar-refractivity contribution is 0.998. The second kappa shape index (κ2) is 18.7. The molecule has 2 aromatic heterocycles. The molecule has 0 atom stereocenters. The van der Waals surface area contributed by atoms with E-state index in [1.165, 1.54) is 99.7 Å². The molecule has 0 aliphatic heterocycles. The molecule has 342 valence electrons. The minimum absolute atomic E-state index is 0.928. The Morgan fingerprint density at radius 2 is 0.681 bits per heavy atom. The molecule has 13 rings (SSSR count). The third-order valence-corrected chi connectivity index (χ3v) is 14.8. The summed E-state index contributed by atoms with van der Waals surface area (Å²) >= 11 is 0. The van der Waals surface area contributed by atoms with E-state index in [1.807, 2.05) is 0 Å². The van der Waals surface area contributed by atoms with Crippen LogP contribution in [0.4, 0.5) is 0 Å². The number of benzene rings is 9. The van der Waals surface area contributed by atoms with Crippen LogP contribution in [-0.2, 0) is 0 Å². The van der Waals surface area contributed by atoms with Gasteiger partial charge >= 0.3 is 0 Å². The Morgan fingerprint density at radius 1 is 0.264 bits per heavy atom. The Kier molecular flexibility index (Phi) is 11.2. The molecule has 0 unspecified atom stereocenters. The fourth-order valence-corrected chi connectivity index (χ4v) is 11.3. The maximum absolute atomic E-state index is 2.51. The van der Waals surface area contributed by atoms with Gasteiger partial charge in [-0.25, -0.2) is 0 Å². The number of fused-ring (bicyclic) bond motifs is 2. The topological polar surface area (TPSA) is 9.86 Å². The van der Waals surface area contributed by atoms with Gasteiger partial charge in [-0.3, -0.25) is 0 Å². The van der Waals surface area contributed by atoms with Crippen molar-refractivity contribution in [3.63, 3.8) is 0 Å². The Labute approximate surface area is 422 Å². The molecule has 0 saturated heterocycles. The zero-order chi connectivity index (χ0) is 47.8. The number of hydrogen-bond donors (Lipinski definition) is 0. The second-order valence-corrected chi connectivity index (χ2v) is 19.0. The summed E-state index contributed by atoms with van der Waals surface area (Å²) < 4.78 is 4.97. The van der Waals surface area contributed by atoms with Crippen molar-refractivity contribution in [2.45, 2.75) is 25.7 Å². The molecule has 2 heteroatoms. The van der Waals surface area contributed by atoms with E-state index in [1.54, 1.807) is 0 Å². The minimum Gasteiger partial charge on any atom is -0.310 e. The van der Waals surface area contributed by atoms with Gasteiger partial charge in [0.1, 0.15) is 0 Å². The molecule has 0 fully saturated rings. The van der Waals surface area contributed by atoms with Crippen molar-refractivity contribution >= 4 is 38.3 Å². The summed E-state index contributed by atoms with van der Waals surface area (Å²) in [5.41, 5.74) is 22.1. The summed E-state index contributed by atoms with van der Waals surface area (Å²) in [4.78, 5) is 0. The number of allylic oxidation sites excluding steroid dienone is 8. The standard InChI is InChI=1S/C70H52N2/c1-7-19-49(20-8-1)51-31-35-57(36-32-51)69-61-41-39-60(72-67(55-27-15-5-16-28-55)45-46-68(72)56-29-17-6-18-30-56)48-64(61)70(58-37-33-52(34-38-58)50-21-9-2-10-22-50)62-42-40-59(47-63(62)69)71-65(53-23-11-3-12-24-53)43-44-66(71)54-25-13-4-14-26-54/h1-17,19-29,31,33-35,37-48H,18,30,32,36H2. The van der Waals surface area contributed by atoms with E-state index in [0.29, 0.717) is 0 Å². The van der Waals surface area contributed by atoms with Crippen LogP contribution in [-0.4, -0.2) is 9.13 Å². The van der Waals surface area contributed by atoms with Crippen LogP contribution in [0.25, 0.3) is 106 Å². The normalized spacial score (nSPS) is 13.5. The highest BCUT2D eigenvalue weighted by Crippen LogP contribution is 2.47. The quantitative estimate of drug-likeness (QED) is 0.121. The molecule has 0 radical (unpaired) electrons. The van der Waals surface area contributed by atoms with Crippen LogP contribution in [0.3, 0.4) is 0 Å². The molecule has 72 heavy (non-hydrogen) atoms. The molecule has 2 nitrogen and oxygen atoms in total. The SMILES string of the molecule is C1=CCCC(c2ccc(-c3ccccc3)n2-c2ccc3c(C4=CC=C(c5ccccc5)CC4)c4cc(-n5c(-c6ccccc6)ccc5-c5ccccc5)ccc4c(-c4ccc(-c5ccccc5)cc4)c3c2)=C1. The number of aromatic nitrogens is 2. The van der Waals surface area contributed by atoms with E-state index < -0.39 is 0 Å². The predicted molar refractivity (Wildman–Crippen MR) is 305 cm³/mol. The van der Waals surface area contributed by atoms with Crippen LogP contribution < -0.4 is 0 Å². The van der Waals surface area contributed by atoms with Gasteiger partial charge in [0.25, 0.3) is 0 Å². The molecule has 0 amide bonds. The summed E-state index contributed by atoms with van der Waals surface area (Å²) in [7, 11) is 0. The summed E-state index contributed by atoms with van der Waals surface area (Å²) in [6.45, 7) is 0.